The maximum Gasteiger partial charge on any atom is 0.261 e. The van der Waals surface area contributed by atoms with Crippen molar-refractivity contribution >= 4 is 15.7 Å². The summed E-state index contributed by atoms with van der Waals surface area (Å²) in [5.41, 5.74) is 1.33. The van der Waals surface area contributed by atoms with E-state index in [0.717, 1.165) is 43.0 Å². The van der Waals surface area contributed by atoms with Crippen molar-refractivity contribution in [2.75, 3.05) is 11.8 Å². The quantitative estimate of drug-likeness (QED) is 0.711. The second-order valence-electron chi connectivity index (χ2n) is 6.76. The topological polar surface area (TPSA) is 86.1 Å². The maximum atomic E-state index is 12.7. The Kier molecular flexibility index (Phi) is 5.04. The largest absolute Gasteiger partial charge is 0.497 e. The molecular formula is C20H22N4O3S. The second-order valence-corrected chi connectivity index (χ2v) is 8.45. The van der Waals surface area contributed by atoms with Gasteiger partial charge in [-0.1, -0.05) is 18.6 Å². The molecule has 8 heteroatoms. The van der Waals surface area contributed by atoms with Crippen LogP contribution in [-0.4, -0.2) is 30.3 Å². The molecule has 7 nitrogen and oxygen atoms in total. The molecule has 2 aromatic carbocycles. The minimum absolute atomic E-state index is 0.176. The van der Waals surface area contributed by atoms with Crippen LogP contribution in [0.25, 0.3) is 11.4 Å². The Morgan fingerprint density at radius 2 is 1.86 bits per heavy atom. The van der Waals surface area contributed by atoms with Gasteiger partial charge in [-0.25, -0.2) is 8.42 Å². The van der Waals surface area contributed by atoms with Crippen molar-refractivity contribution in [1.29, 1.82) is 0 Å². The number of rotatable bonds is 5. The fourth-order valence-electron chi connectivity index (χ4n) is 3.39. The molecule has 0 unspecified atom stereocenters. The summed E-state index contributed by atoms with van der Waals surface area (Å²) in [6.07, 6.45) is 4.34. The van der Waals surface area contributed by atoms with Gasteiger partial charge in [0.05, 0.1) is 12.0 Å². The Balaban J connectivity index is 1.61. The first-order valence-electron chi connectivity index (χ1n) is 9.26. The van der Waals surface area contributed by atoms with Gasteiger partial charge >= 0.3 is 0 Å². The van der Waals surface area contributed by atoms with Crippen LogP contribution >= 0.6 is 0 Å². The van der Waals surface area contributed by atoms with Gasteiger partial charge in [-0.15, -0.1) is 10.2 Å². The number of aryl methyl sites for hydroxylation is 1. The van der Waals surface area contributed by atoms with Crippen molar-refractivity contribution in [3.63, 3.8) is 0 Å². The average molecular weight is 398 g/mol. The zero-order valence-corrected chi connectivity index (χ0v) is 16.4. The summed E-state index contributed by atoms with van der Waals surface area (Å²) in [4.78, 5) is 0.176. The fraction of sp³-hybridized carbons (Fsp3) is 0.300. The molecule has 0 fully saturated rings. The second kappa shape index (κ2) is 7.63. The standard InChI is InChI=1S/C20H22N4O3S/c1-27-17-9-11-18(12-10-17)28(25,26)23-16-7-5-6-15(14-16)20-22-21-19-8-3-2-4-13-24(19)20/h5-7,9-12,14,23H,2-4,8,13H2,1H3. The van der Waals surface area contributed by atoms with Crippen LogP contribution in [0, 0.1) is 0 Å². The van der Waals surface area contributed by atoms with Crippen LogP contribution in [0.3, 0.4) is 0 Å². The predicted octanol–water partition coefficient (Wildman–Crippen LogP) is 3.48. The third-order valence-electron chi connectivity index (χ3n) is 4.85. The highest BCUT2D eigenvalue weighted by atomic mass is 32.2. The zero-order chi connectivity index (χ0) is 19.6. The third kappa shape index (κ3) is 3.73. The number of anilines is 1. The number of benzene rings is 2. The molecule has 1 aliphatic rings. The van der Waals surface area contributed by atoms with E-state index < -0.39 is 10.0 Å². The number of nitrogens with one attached hydrogen (secondary N) is 1. The van der Waals surface area contributed by atoms with E-state index in [1.165, 1.54) is 18.6 Å². The Bertz CT molecular complexity index is 1080. The number of ether oxygens (including phenoxy) is 1. The number of fused-ring (bicyclic) bond motifs is 1. The van der Waals surface area contributed by atoms with Crippen LogP contribution in [0.4, 0.5) is 5.69 Å². The molecule has 1 aromatic heterocycles. The van der Waals surface area contributed by atoms with Crippen LogP contribution in [0.2, 0.25) is 0 Å². The van der Waals surface area contributed by atoms with Crippen LogP contribution in [0.15, 0.2) is 53.4 Å². The Hall–Kier alpha value is -2.87. The molecule has 0 saturated carbocycles. The predicted molar refractivity (Wildman–Crippen MR) is 107 cm³/mol. The van der Waals surface area contributed by atoms with Crippen molar-refractivity contribution in [2.45, 2.75) is 37.1 Å². The lowest BCUT2D eigenvalue weighted by Gasteiger charge is -2.11. The van der Waals surface area contributed by atoms with Gasteiger partial charge in [0, 0.05) is 24.2 Å². The van der Waals surface area contributed by atoms with E-state index in [0.29, 0.717) is 11.4 Å². The van der Waals surface area contributed by atoms with E-state index in [4.69, 9.17) is 4.74 Å². The van der Waals surface area contributed by atoms with Gasteiger partial charge in [-0.2, -0.15) is 0 Å². The molecule has 0 radical (unpaired) electrons. The van der Waals surface area contributed by atoms with Crippen molar-refractivity contribution in [2.24, 2.45) is 0 Å². The van der Waals surface area contributed by atoms with Crippen LogP contribution < -0.4 is 9.46 Å². The average Bonchev–Trinajstić information content (AvgIpc) is 2.96. The highest BCUT2D eigenvalue weighted by Gasteiger charge is 2.18. The van der Waals surface area contributed by atoms with Gasteiger partial charge in [-0.3, -0.25) is 4.72 Å². The number of hydrogen-bond acceptors (Lipinski definition) is 5. The number of sulfonamides is 1. The number of hydrogen-bond donors (Lipinski definition) is 1. The molecule has 28 heavy (non-hydrogen) atoms. The lowest BCUT2D eigenvalue weighted by molar-refractivity contribution is 0.414. The summed E-state index contributed by atoms with van der Waals surface area (Å²) >= 11 is 0. The van der Waals surface area contributed by atoms with Crippen LogP contribution in [-0.2, 0) is 23.0 Å². The van der Waals surface area contributed by atoms with E-state index in [2.05, 4.69) is 19.5 Å². The molecule has 0 bridgehead atoms. The Morgan fingerprint density at radius 3 is 2.64 bits per heavy atom. The molecule has 1 N–H and O–H groups in total. The number of aromatic nitrogens is 3. The normalized spacial score (nSPS) is 14.2. The lowest BCUT2D eigenvalue weighted by Crippen LogP contribution is -2.13. The van der Waals surface area contributed by atoms with E-state index in [-0.39, 0.29) is 4.90 Å². The van der Waals surface area contributed by atoms with Gasteiger partial charge in [0.25, 0.3) is 10.0 Å². The van der Waals surface area contributed by atoms with E-state index in [1.54, 1.807) is 31.4 Å². The third-order valence-corrected chi connectivity index (χ3v) is 6.25. The minimum Gasteiger partial charge on any atom is -0.497 e. The zero-order valence-electron chi connectivity index (χ0n) is 15.6. The van der Waals surface area contributed by atoms with Crippen molar-refractivity contribution in [3.8, 4) is 17.1 Å². The first-order valence-corrected chi connectivity index (χ1v) is 10.7. The monoisotopic (exact) mass is 398 g/mol. The molecule has 146 valence electrons. The molecule has 4 rings (SSSR count). The van der Waals surface area contributed by atoms with E-state index in [1.807, 2.05) is 12.1 Å². The van der Waals surface area contributed by atoms with Crippen molar-refractivity contribution in [3.05, 3.63) is 54.4 Å². The summed E-state index contributed by atoms with van der Waals surface area (Å²) in [7, 11) is -2.16. The van der Waals surface area contributed by atoms with Gasteiger partial charge in [0.2, 0.25) is 0 Å². The molecule has 0 spiro atoms. The first kappa shape index (κ1) is 18.5. The number of nitrogens with zero attached hydrogens (tertiary/aromatic N) is 3. The minimum atomic E-state index is -3.70. The number of methoxy groups -OCH3 is 1. The lowest BCUT2D eigenvalue weighted by atomic mass is 10.2. The summed E-state index contributed by atoms with van der Waals surface area (Å²) in [6.45, 7) is 0.888. The molecule has 1 aliphatic heterocycles. The van der Waals surface area contributed by atoms with E-state index in [9.17, 15) is 8.42 Å². The fourth-order valence-corrected chi connectivity index (χ4v) is 4.44. The molecule has 0 aliphatic carbocycles. The first-order chi connectivity index (χ1) is 13.6. The molecule has 0 amide bonds. The van der Waals surface area contributed by atoms with Crippen molar-refractivity contribution in [1.82, 2.24) is 14.8 Å². The summed E-state index contributed by atoms with van der Waals surface area (Å²) in [5, 5.41) is 8.67. The highest BCUT2D eigenvalue weighted by molar-refractivity contribution is 7.92. The van der Waals surface area contributed by atoms with Gasteiger partial charge in [-0.05, 0) is 49.2 Å². The van der Waals surface area contributed by atoms with Gasteiger partial charge in [0.1, 0.15) is 11.6 Å². The highest BCUT2D eigenvalue weighted by Crippen LogP contribution is 2.26. The van der Waals surface area contributed by atoms with Crippen molar-refractivity contribution < 1.29 is 13.2 Å². The van der Waals surface area contributed by atoms with Gasteiger partial charge in [0.15, 0.2) is 5.82 Å². The SMILES string of the molecule is COc1ccc(S(=O)(=O)Nc2cccc(-c3nnc4n3CCCCC4)c2)cc1. The van der Waals surface area contributed by atoms with Crippen LogP contribution in [0.1, 0.15) is 25.1 Å². The molecule has 3 aromatic rings. The summed E-state index contributed by atoms with van der Waals surface area (Å²) < 4.78 is 35.2. The molecule has 0 saturated heterocycles. The van der Waals surface area contributed by atoms with Gasteiger partial charge < -0.3 is 9.30 Å². The molecule has 0 atom stereocenters. The smallest absolute Gasteiger partial charge is 0.261 e. The van der Waals surface area contributed by atoms with E-state index >= 15 is 0 Å². The maximum absolute atomic E-state index is 12.7. The Labute approximate surface area is 164 Å². The molecular weight excluding hydrogens is 376 g/mol. The summed E-state index contributed by atoms with van der Waals surface area (Å²) in [5.74, 6) is 2.38. The molecule has 2 heterocycles. The van der Waals surface area contributed by atoms with Crippen LogP contribution in [0.5, 0.6) is 5.75 Å². The summed E-state index contributed by atoms with van der Waals surface area (Å²) in [6, 6.07) is 13.5. The Morgan fingerprint density at radius 1 is 1.04 bits per heavy atom.